The van der Waals surface area contributed by atoms with Crippen LogP contribution >= 0.6 is 0 Å². The summed E-state index contributed by atoms with van der Waals surface area (Å²) in [6, 6.07) is 8.52. The normalized spacial score (nSPS) is 11.1. The number of aryl methyl sites for hydroxylation is 1. The molecule has 0 spiro atoms. The SMILES string of the molecule is CCCCCc1ccc(NCCNC(=O)OC(C)(C)C)cc1. The number of alkyl carbamates (subject to hydrolysis) is 1. The zero-order valence-electron chi connectivity index (χ0n) is 14.4. The molecule has 0 aliphatic carbocycles. The molecule has 4 nitrogen and oxygen atoms in total. The highest BCUT2D eigenvalue weighted by atomic mass is 16.6. The lowest BCUT2D eigenvalue weighted by atomic mass is 10.1. The largest absolute Gasteiger partial charge is 0.444 e. The van der Waals surface area contributed by atoms with Gasteiger partial charge in [0.05, 0.1) is 0 Å². The summed E-state index contributed by atoms with van der Waals surface area (Å²) in [5.74, 6) is 0. The van der Waals surface area contributed by atoms with Crippen LogP contribution < -0.4 is 10.6 Å². The molecule has 1 rings (SSSR count). The Morgan fingerprint density at radius 1 is 1.09 bits per heavy atom. The van der Waals surface area contributed by atoms with E-state index in [0.717, 1.165) is 12.1 Å². The van der Waals surface area contributed by atoms with Crippen LogP contribution in [0.15, 0.2) is 24.3 Å². The maximum atomic E-state index is 11.5. The monoisotopic (exact) mass is 306 g/mol. The van der Waals surface area contributed by atoms with Crippen molar-refractivity contribution in [2.24, 2.45) is 0 Å². The van der Waals surface area contributed by atoms with E-state index in [9.17, 15) is 4.79 Å². The van der Waals surface area contributed by atoms with E-state index in [2.05, 4.69) is 41.8 Å². The highest BCUT2D eigenvalue weighted by molar-refractivity contribution is 5.67. The van der Waals surface area contributed by atoms with Crippen molar-refractivity contribution in [1.29, 1.82) is 0 Å². The molecule has 0 aliphatic rings. The lowest BCUT2D eigenvalue weighted by molar-refractivity contribution is 0.0530. The Morgan fingerprint density at radius 3 is 2.36 bits per heavy atom. The predicted octanol–water partition coefficient (Wildman–Crippen LogP) is 4.36. The molecule has 0 fully saturated rings. The van der Waals surface area contributed by atoms with Gasteiger partial charge in [-0.2, -0.15) is 0 Å². The maximum Gasteiger partial charge on any atom is 0.407 e. The Labute approximate surface area is 134 Å². The minimum atomic E-state index is -0.453. The van der Waals surface area contributed by atoms with Crippen LogP contribution in [-0.4, -0.2) is 24.8 Å². The van der Waals surface area contributed by atoms with Gasteiger partial charge in [0.1, 0.15) is 5.60 Å². The standard InChI is InChI=1S/C18H30N2O2/c1-5-6-7-8-15-9-11-16(12-10-15)19-13-14-20-17(21)22-18(2,3)4/h9-12,19H,5-8,13-14H2,1-4H3,(H,20,21). The molecule has 22 heavy (non-hydrogen) atoms. The Hall–Kier alpha value is -1.71. The molecule has 2 N–H and O–H groups in total. The highest BCUT2D eigenvalue weighted by Crippen LogP contribution is 2.12. The second-order valence-corrected chi connectivity index (χ2v) is 6.51. The van der Waals surface area contributed by atoms with Gasteiger partial charge in [-0.1, -0.05) is 31.9 Å². The van der Waals surface area contributed by atoms with Crippen LogP contribution in [0.25, 0.3) is 0 Å². The van der Waals surface area contributed by atoms with E-state index in [1.54, 1.807) is 0 Å². The van der Waals surface area contributed by atoms with E-state index in [0.29, 0.717) is 13.1 Å². The van der Waals surface area contributed by atoms with Gasteiger partial charge in [-0.05, 0) is 51.3 Å². The molecule has 0 saturated carbocycles. The Bertz CT molecular complexity index is 435. The average Bonchev–Trinajstić information content (AvgIpc) is 2.43. The topological polar surface area (TPSA) is 50.4 Å². The molecule has 0 saturated heterocycles. The first kappa shape index (κ1) is 18.3. The average molecular weight is 306 g/mol. The molecule has 1 amide bonds. The maximum absolute atomic E-state index is 11.5. The summed E-state index contributed by atoms with van der Waals surface area (Å²) >= 11 is 0. The predicted molar refractivity (Wildman–Crippen MR) is 92.4 cm³/mol. The van der Waals surface area contributed by atoms with Crippen LogP contribution in [0.2, 0.25) is 0 Å². The lowest BCUT2D eigenvalue weighted by Gasteiger charge is -2.19. The quantitative estimate of drug-likeness (QED) is 0.702. The molecule has 0 atom stereocenters. The van der Waals surface area contributed by atoms with Gasteiger partial charge in [-0.3, -0.25) is 0 Å². The van der Waals surface area contributed by atoms with Crippen molar-refractivity contribution >= 4 is 11.8 Å². The number of rotatable bonds is 8. The Morgan fingerprint density at radius 2 is 1.77 bits per heavy atom. The number of carbonyl (C=O) groups excluding carboxylic acids is 1. The van der Waals surface area contributed by atoms with Gasteiger partial charge in [0.25, 0.3) is 0 Å². The second-order valence-electron chi connectivity index (χ2n) is 6.51. The molecule has 0 unspecified atom stereocenters. The van der Waals surface area contributed by atoms with Crippen molar-refractivity contribution in [3.05, 3.63) is 29.8 Å². The fourth-order valence-corrected chi connectivity index (χ4v) is 2.05. The third kappa shape index (κ3) is 8.55. The Kier molecular flexibility index (Phi) is 7.78. The number of hydrogen-bond acceptors (Lipinski definition) is 3. The van der Waals surface area contributed by atoms with Gasteiger partial charge in [-0.15, -0.1) is 0 Å². The first-order valence-electron chi connectivity index (χ1n) is 8.20. The highest BCUT2D eigenvalue weighted by Gasteiger charge is 2.15. The number of hydrogen-bond donors (Lipinski definition) is 2. The van der Waals surface area contributed by atoms with Crippen molar-refractivity contribution in [2.75, 3.05) is 18.4 Å². The van der Waals surface area contributed by atoms with Crippen molar-refractivity contribution in [3.8, 4) is 0 Å². The number of amides is 1. The van der Waals surface area contributed by atoms with E-state index >= 15 is 0 Å². The van der Waals surface area contributed by atoms with Gasteiger partial charge in [0.15, 0.2) is 0 Å². The van der Waals surface area contributed by atoms with E-state index in [1.807, 2.05) is 20.8 Å². The zero-order valence-corrected chi connectivity index (χ0v) is 14.4. The van der Waals surface area contributed by atoms with Gasteiger partial charge in [-0.25, -0.2) is 4.79 Å². The molecule has 0 bridgehead atoms. The summed E-state index contributed by atoms with van der Waals surface area (Å²) < 4.78 is 5.17. The van der Waals surface area contributed by atoms with Crippen molar-refractivity contribution in [3.63, 3.8) is 0 Å². The van der Waals surface area contributed by atoms with Gasteiger partial charge in [0.2, 0.25) is 0 Å². The molecule has 1 aromatic rings. The Balaban J connectivity index is 2.21. The molecule has 0 aromatic heterocycles. The molecule has 124 valence electrons. The smallest absolute Gasteiger partial charge is 0.407 e. The van der Waals surface area contributed by atoms with Crippen LogP contribution in [-0.2, 0) is 11.2 Å². The minimum Gasteiger partial charge on any atom is -0.444 e. The van der Waals surface area contributed by atoms with Crippen LogP contribution in [0.3, 0.4) is 0 Å². The van der Waals surface area contributed by atoms with Crippen molar-refractivity contribution in [2.45, 2.75) is 59.0 Å². The fraction of sp³-hybridized carbons (Fsp3) is 0.611. The minimum absolute atomic E-state index is 0.374. The van der Waals surface area contributed by atoms with Gasteiger partial charge in [0, 0.05) is 18.8 Å². The molecule has 1 aromatic carbocycles. The molecular weight excluding hydrogens is 276 g/mol. The summed E-state index contributed by atoms with van der Waals surface area (Å²) in [5, 5.41) is 6.02. The summed E-state index contributed by atoms with van der Waals surface area (Å²) in [6.07, 6.45) is 4.57. The molecule has 0 aliphatic heterocycles. The summed E-state index contributed by atoms with van der Waals surface area (Å²) in [6.45, 7) is 8.99. The molecule has 0 radical (unpaired) electrons. The van der Waals surface area contributed by atoms with Crippen molar-refractivity contribution in [1.82, 2.24) is 5.32 Å². The molecule has 0 heterocycles. The lowest BCUT2D eigenvalue weighted by Crippen LogP contribution is -2.34. The first-order chi connectivity index (χ1) is 10.4. The number of carbonyl (C=O) groups is 1. The van der Waals surface area contributed by atoms with Crippen molar-refractivity contribution < 1.29 is 9.53 Å². The van der Waals surface area contributed by atoms with Crippen LogP contribution in [0.5, 0.6) is 0 Å². The fourth-order valence-electron chi connectivity index (χ4n) is 2.05. The third-order valence-corrected chi connectivity index (χ3v) is 3.15. The zero-order chi connectivity index (χ0) is 16.4. The van der Waals surface area contributed by atoms with Gasteiger partial charge >= 0.3 is 6.09 Å². The summed E-state index contributed by atoms with van der Waals surface area (Å²) in [4.78, 5) is 11.5. The number of unbranched alkanes of at least 4 members (excludes halogenated alkanes) is 2. The van der Waals surface area contributed by atoms with E-state index in [1.165, 1.54) is 24.8 Å². The molecular formula is C18H30N2O2. The van der Waals surface area contributed by atoms with E-state index in [4.69, 9.17) is 4.74 Å². The first-order valence-corrected chi connectivity index (χ1v) is 8.20. The van der Waals surface area contributed by atoms with Crippen LogP contribution in [0, 0.1) is 0 Å². The summed E-state index contributed by atoms with van der Waals surface area (Å²) in [7, 11) is 0. The molecule has 4 heteroatoms. The second kappa shape index (κ2) is 9.34. The number of ether oxygens (including phenoxy) is 1. The van der Waals surface area contributed by atoms with E-state index in [-0.39, 0.29) is 6.09 Å². The number of benzene rings is 1. The third-order valence-electron chi connectivity index (χ3n) is 3.15. The summed E-state index contributed by atoms with van der Waals surface area (Å²) in [5.41, 5.74) is 2.00. The van der Waals surface area contributed by atoms with Crippen LogP contribution in [0.1, 0.15) is 52.5 Å². The number of anilines is 1. The van der Waals surface area contributed by atoms with E-state index < -0.39 is 5.60 Å². The number of nitrogens with one attached hydrogen (secondary N) is 2. The van der Waals surface area contributed by atoms with Crippen LogP contribution in [0.4, 0.5) is 10.5 Å². The van der Waals surface area contributed by atoms with Gasteiger partial charge < -0.3 is 15.4 Å².